The normalized spacial score (nSPS) is 17.4. The summed E-state index contributed by atoms with van der Waals surface area (Å²) < 4.78 is 11.3. The maximum absolute atomic E-state index is 13.5. The Kier molecular flexibility index (Phi) is 18.0. The summed E-state index contributed by atoms with van der Waals surface area (Å²) in [4.78, 5) is 60.6. The van der Waals surface area contributed by atoms with Crippen molar-refractivity contribution in [3.63, 3.8) is 0 Å². The fourth-order valence-electron chi connectivity index (χ4n) is 8.12. The quantitative estimate of drug-likeness (QED) is 0.145. The molecule has 1 atom stereocenters. The Balaban J connectivity index is 1.30. The Morgan fingerprint density at radius 2 is 1.15 bits per heavy atom. The Bertz CT molecular complexity index is 1670. The van der Waals surface area contributed by atoms with Crippen molar-refractivity contribution in [3.8, 4) is 11.1 Å². The zero-order chi connectivity index (χ0) is 44.1. The first kappa shape index (κ1) is 48.6. The molecule has 2 amide bonds. The van der Waals surface area contributed by atoms with Crippen LogP contribution in [0.25, 0.3) is 11.1 Å². The Hall–Kier alpha value is -4.04. The van der Waals surface area contributed by atoms with E-state index in [1.54, 1.807) is 0 Å². The number of carboxylic acids is 1. The lowest BCUT2D eigenvalue weighted by Crippen LogP contribution is -2.51. The first-order valence-corrected chi connectivity index (χ1v) is 21.9. The molecule has 1 fully saturated rings. The van der Waals surface area contributed by atoms with Crippen LogP contribution in [-0.2, 0) is 23.9 Å². The molecule has 0 aromatic heterocycles. The number of alkyl carbamates (subject to hydrolysis) is 1. The fourth-order valence-corrected chi connectivity index (χ4v) is 8.12. The van der Waals surface area contributed by atoms with E-state index in [1.807, 2.05) is 45.0 Å². The summed E-state index contributed by atoms with van der Waals surface area (Å²) in [6.07, 6.45) is 0.721. The molecule has 1 saturated heterocycles. The van der Waals surface area contributed by atoms with Crippen LogP contribution in [0.4, 0.5) is 4.79 Å². The first-order chi connectivity index (χ1) is 28.2. The number of unbranched alkanes of at least 4 members (excludes halogenated alkanes) is 1. The Labute approximate surface area is 359 Å². The number of carboxylic acid groups (broad SMARTS) is 1. The summed E-state index contributed by atoms with van der Waals surface area (Å²) in [5.41, 5.74) is 4.20. The lowest BCUT2D eigenvalue weighted by Gasteiger charge is -2.37. The molecular formula is C47H74N6O7. The fraction of sp³-hybridized carbons (Fsp3) is 0.660. The molecule has 1 heterocycles. The van der Waals surface area contributed by atoms with E-state index in [1.165, 1.54) is 0 Å². The molecule has 2 aromatic carbocycles. The monoisotopic (exact) mass is 835 g/mol. The Morgan fingerprint density at radius 1 is 0.683 bits per heavy atom. The largest absolute Gasteiger partial charge is 0.480 e. The summed E-state index contributed by atoms with van der Waals surface area (Å²) in [6, 6.07) is 15.3. The molecule has 0 bridgehead atoms. The van der Waals surface area contributed by atoms with E-state index in [0.29, 0.717) is 45.6 Å². The van der Waals surface area contributed by atoms with E-state index in [2.05, 4.69) is 96.0 Å². The summed E-state index contributed by atoms with van der Waals surface area (Å²) in [5, 5.41) is 15.6. The number of ether oxygens (including phenoxy) is 2. The molecular weight excluding hydrogens is 761 g/mol. The second kappa shape index (κ2) is 22.2. The second-order valence-electron chi connectivity index (χ2n) is 20.0. The van der Waals surface area contributed by atoms with Gasteiger partial charge in [-0.05, 0) is 73.1 Å². The third-order valence-corrected chi connectivity index (χ3v) is 10.6. The van der Waals surface area contributed by atoms with Gasteiger partial charge < -0.3 is 35.0 Å². The molecule has 334 valence electrons. The number of esters is 1. The third-order valence-electron chi connectivity index (χ3n) is 10.6. The van der Waals surface area contributed by atoms with Gasteiger partial charge in [-0.25, -0.2) is 9.59 Å². The van der Waals surface area contributed by atoms with Crippen molar-refractivity contribution in [2.24, 2.45) is 10.8 Å². The number of rotatable bonds is 15. The van der Waals surface area contributed by atoms with Gasteiger partial charge in [-0.15, -0.1) is 0 Å². The average Bonchev–Trinajstić information content (AvgIpc) is 3.45. The van der Waals surface area contributed by atoms with E-state index < -0.39 is 23.7 Å². The van der Waals surface area contributed by atoms with Gasteiger partial charge in [-0.1, -0.05) is 90.1 Å². The maximum atomic E-state index is 13.5. The highest BCUT2D eigenvalue weighted by molar-refractivity contribution is 5.84. The number of aliphatic carboxylic acids is 1. The van der Waals surface area contributed by atoms with Crippen LogP contribution in [0.5, 0.6) is 0 Å². The van der Waals surface area contributed by atoms with Crippen molar-refractivity contribution in [2.75, 3.05) is 91.7 Å². The van der Waals surface area contributed by atoms with Gasteiger partial charge in [-0.2, -0.15) is 0 Å². The van der Waals surface area contributed by atoms with E-state index >= 15 is 0 Å². The van der Waals surface area contributed by atoms with E-state index in [-0.39, 0.29) is 54.7 Å². The average molecular weight is 835 g/mol. The molecule has 0 spiro atoms. The molecule has 1 aliphatic carbocycles. The minimum atomic E-state index is -1.10. The molecule has 0 saturated carbocycles. The molecule has 3 N–H and O–H groups in total. The topological polar surface area (TPSA) is 144 Å². The number of fused-ring (bicyclic) bond motifs is 3. The molecule has 0 radical (unpaired) electrons. The number of nitrogens with zero attached hydrogens (tertiary/aromatic N) is 4. The lowest BCUT2D eigenvalue weighted by atomic mass is 9.95. The number of hydrogen-bond donors (Lipinski definition) is 3. The van der Waals surface area contributed by atoms with Crippen molar-refractivity contribution in [2.45, 2.75) is 99.1 Å². The van der Waals surface area contributed by atoms with E-state index in [9.17, 15) is 24.3 Å². The number of amides is 2. The highest BCUT2D eigenvalue weighted by Gasteiger charge is 2.30. The summed E-state index contributed by atoms with van der Waals surface area (Å²) in [6.45, 7) is 27.3. The maximum Gasteiger partial charge on any atom is 0.407 e. The van der Waals surface area contributed by atoms with E-state index in [4.69, 9.17) is 9.47 Å². The van der Waals surface area contributed by atoms with Gasteiger partial charge in [0.05, 0.1) is 13.1 Å². The lowest BCUT2D eigenvalue weighted by molar-refractivity contribution is -0.156. The van der Waals surface area contributed by atoms with Gasteiger partial charge in [0.15, 0.2) is 0 Å². The predicted octanol–water partition coefficient (Wildman–Crippen LogP) is 5.92. The molecule has 2 aromatic rings. The molecule has 1 aliphatic heterocycles. The van der Waals surface area contributed by atoms with Crippen LogP contribution in [0.2, 0.25) is 0 Å². The Morgan fingerprint density at radius 3 is 1.62 bits per heavy atom. The molecule has 13 heteroatoms. The molecule has 2 aliphatic rings. The molecule has 60 heavy (non-hydrogen) atoms. The van der Waals surface area contributed by atoms with Crippen LogP contribution in [0.3, 0.4) is 0 Å². The molecule has 13 nitrogen and oxygen atoms in total. The number of carbonyl (C=O) groups excluding carboxylic acids is 3. The zero-order valence-electron chi connectivity index (χ0n) is 38.0. The SMILES string of the molecule is CC(C)(C)CN1CCN(CC(=O)N[C@@H](CCCCNC(=O)OCC2c3ccccc3-c3ccccc32)C(=O)O)CCN(CC(=O)OC(C)(C)C)CCN(CC(C)(C)C)CC1. The van der Waals surface area contributed by atoms with Crippen LogP contribution in [0.1, 0.15) is 98.6 Å². The van der Waals surface area contributed by atoms with Gasteiger partial charge >= 0.3 is 18.0 Å². The standard InChI is InChI=1S/C47H74N6O7/c1-45(2,3)33-52-26-24-50(22-23-51(31-42(55)60-47(7,8)9)25-27-53(29-28-52)34-46(4,5)6)30-41(54)49-40(43(56)57)20-14-15-21-48-44(58)59-32-39-37-18-12-10-16-35(37)36-17-11-13-19-38(36)39/h10-13,16-19,39-40H,14-15,20-34H2,1-9H3,(H,48,58)(H,49,54)(H,56,57)/t40-/m0/s1. The van der Waals surface area contributed by atoms with Gasteiger partial charge in [-0.3, -0.25) is 19.4 Å². The summed E-state index contributed by atoms with van der Waals surface area (Å²) in [5.74, 6) is -1.77. The van der Waals surface area contributed by atoms with E-state index in [0.717, 1.165) is 61.5 Å². The second-order valence-corrected chi connectivity index (χ2v) is 20.0. The minimum Gasteiger partial charge on any atom is -0.480 e. The molecule has 0 unspecified atom stereocenters. The van der Waals surface area contributed by atoms with Gasteiger partial charge in [0.1, 0.15) is 18.2 Å². The van der Waals surface area contributed by atoms with Crippen molar-refractivity contribution >= 4 is 23.9 Å². The predicted molar refractivity (Wildman–Crippen MR) is 237 cm³/mol. The smallest absolute Gasteiger partial charge is 0.407 e. The van der Waals surface area contributed by atoms with Crippen LogP contribution in [-0.4, -0.2) is 152 Å². The minimum absolute atomic E-state index is 0.0345. The first-order valence-electron chi connectivity index (χ1n) is 21.9. The summed E-state index contributed by atoms with van der Waals surface area (Å²) in [7, 11) is 0. The van der Waals surface area contributed by atoms with Crippen LogP contribution >= 0.6 is 0 Å². The molecule has 4 rings (SSSR count). The van der Waals surface area contributed by atoms with Crippen LogP contribution in [0, 0.1) is 10.8 Å². The zero-order valence-corrected chi connectivity index (χ0v) is 38.0. The highest BCUT2D eigenvalue weighted by atomic mass is 16.6. The van der Waals surface area contributed by atoms with Crippen molar-refractivity contribution in [3.05, 3.63) is 59.7 Å². The van der Waals surface area contributed by atoms with Crippen molar-refractivity contribution < 1.29 is 33.8 Å². The number of nitrogens with one attached hydrogen (secondary N) is 2. The van der Waals surface area contributed by atoms with Crippen molar-refractivity contribution in [1.29, 1.82) is 0 Å². The third kappa shape index (κ3) is 17.1. The summed E-state index contributed by atoms with van der Waals surface area (Å²) >= 11 is 0. The highest BCUT2D eigenvalue weighted by Crippen LogP contribution is 2.44. The van der Waals surface area contributed by atoms with Gasteiger partial charge in [0, 0.05) is 77.9 Å². The van der Waals surface area contributed by atoms with Crippen LogP contribution in [0.15, 0.2) is 48.5 Å². The van der Waals surface area contributed by atoms with Crippen molar-refractivity contribution in [1.82, 2.24) is 30.2 Å². The number of benzene rings is 2. The number of hydrogen-bond acceptors (Lipinski definition) is 10. The van der Waals surface area contributed by atoms with Crippen LogP contribution < -0.4 is 10.6 Å². The van der Waals surface area contributed by atoms with Gasteiger partial charge in [0.2, 0.25) is 5.91 Å². The number of carbonyl (C=O) groups is 4. The van der Waals surface area contributed by atoms with Gasteiger partial charge in [0.25, 0.3) is 0 Å².